The molecule has 0 heterocycles. The summed E-state index contributed by atoms with van der Waals surface area (Å²) in [5.41, 5.74) is 1.99. The number of nitrogens with two attached hydrogens (primary N) is 1. The summed E-state index contributed by atoms with van der Waals surface area (Å²) in [6.45, 7) is 1.88. The summed E-state index contributed by atoms with van der Waals surface area (Å²) in [7, 11) is -2.65. The number of primary sulfonamides is 1. The second kappa shape index (κ2) is 7.69. The van der Waals surface area contributed by atoms with Gasteiger partial charge in [-0.2, -0.15) is 0 Å². The number of rotatable bonds is 5. The normalized spacial score (nSPS) is 11.5. The van der Waals surface area contributed by atoms with Crippen molar-refractivity contribution in [3.05, 3.63) is 58.6 Å². The van der Waals surface area contributed by atoms with Crippen molar-refractivity contribution in [1.29, 1.82) is 0 Å². The maximum atomic E-state index is 12.0. The Balaban J connectivity index is 2.17. The second-order valence-corrected chi connectivity index (χ2v) is 7.18. The van der Waals surface area contributed by atoms with Crippen LogP contribution in [-0.2, 0) is 14.8 Å². The summed E-state index contributed by atoms with van der Waals surface area (Å²) in [5, 5.41) is 8.32. The fourth-order valence-corrected chi connectivity index (χ4v) is 2.96. The van der Waals surface area contributed by atoms with Crippen LogP contribution in [-0.4, -0.2) is 21.4 Å². The number of aryl methyl sites for hydroxylation is 1. The van der Waals surface area contributed by atoms with Crippen molar-refractivity contribution < 1.29 is 17.9 Å². The number of methoxy groups -OCH3 is 1. The van der Waals surface area contributed by atoms with Crippen LogP contribution in [0.3, 0.4) is 0 Å². The van der Waals surface area contributed by atoms with Crippen LogP contribution in [0.2, 0.25) is 5.02 Å². The molecule has 2 aromatic rings. The minimum Gasteiger partial charge on any atom is -0.495 e. The molecule has 0 saturated heterocycles. The van der Waals surface area contributed by atoms with Gasteiger partial charge in [-0.15, -0.1) is 0 Å². The highest BCUT2D eigenvalue weighted by molar-refractivity contribution is 7.89. The lowest BCUT2D eigenvalue weighted by molar-refractivity contribution is -0.111. The van der Waals surface area contributed by atoms with Gasteiger partial charge in [-0.3, -0.25) is 4.79 Å². The van der Waals surface area contributed by atoms with Gasteiger partial charge in [-0.05, 0) is 48.4 Å². The molecule has 0 unspecified atom stereocenters. The molecule has 2 aromatic carbocycles. The Labute approximate surface area is 151 Å². The van der Waals surface area contributed by atoms with Gasteiger partial charge < -0.3 is 10.1 Å². The number of amides is 1. The lowest BCUT2D eigenvalue weighted by Gasteiger charge is -2.09. The molecule has 0 spiro atoms. The first-order valence-corrected chi connectivity index (χ1v) is 9.09. The molecule has 0 aliphatic carbocycles. The molecule has 132 valence electrons. The molecule has 0 aliphatic heterocycles. The summed E-state index contributed by atoms with van der Waals surface area (Å²) in [4.78, 5) is 11.8. The quantitative estimate of drug-likeness (QED) is 0.779. The molecule has 0 aromatic heterocycles. The molecule has 0 aliphatic rings. The minimum absolute atomic E-state index is 0.102. The van der Waals surface area contributed by atoms with E-state index in [4.69, 9.17) is 21.5 Å². The Kier molecular flexibility index (Phi) is 5.84. The first-order chi connectivity index (χ1) is 11.7. The van der Waals surface area contributed by atoms with Gasteiger partial charge in [0.15, 0.2) is 0 Å². The van der Waals surface area contributed by atoms with Gasteiger partial charge in [0.1, 0.15) is 10.6 Å². The summed E-state index contributed by atoms with van der Waals surface area (Å²) in [6, 6.07) is 9.59. The smallest absolute Gasteiger partial charge is 0.248 e. The number of ether oxygens (including phenoxy) is 1. The second-order valence-electron chi connectivity index (χ2n) is 5.24. The van der Waals surface area contributed by atoms with E-state index >= 15 is 0 Å². The number of carbonyl (C=O) groups excluding carboxylic acids is 1. The number of halogens is 1. The minimum atomic E-state index is -3.98. The molecule has 0 atom stereocenters. The zero-order valence-corrected chi connectivity index (χ0v) is 15.2. The van der Waals surface area contributed by atoms with E-state index < -0.39 is 15.9 Å². The fraction of sp³-hybridized carbons (Fsp3) is 0.118. The van der Waals surface area contributed by atoms with Crippen LogP contribution in [0.25, 0.3) is 6.08 Å². The van der Waals surface area contributed by atoms with E-state index in [0.29, 0.717) is 5.02 Å². The number of nitrogens with one attached hydrogen (secondary N) is 1. The third-order valence-corrected chi connectivity index (χ3v) is 4.70. The monoisotopic (exact) mass is 380 g/mol. The first-order valence-electron chi connectivity index (χ1n) is 7.17. The van der Waals surface area contributed by atoms with Crippen molar-refractivity contribution in [3.63, 3.8) is 0 Å². The maximum Gasteiger partial charge on any atom is 0.248 e. The number of carbonyl (C=O) groups is 1. The highest BCUT2D eigenvalue weighted by atomic mass is 35.5. The number of sulfonamides is 1. The molecule has 6 nitrogen and oxygen atoms in total. The lowest BCUT2D eigenvalue weighted by atomic mass is 10.1. The summed E-state index contributed by atoms with van der Waals surface area (Å²) < 4.78 is 28.1. The number of hydrogen-bond donors (Lipinski definition) is 2. The lowest BCUT2D eigenvalue weighted by Crippen LogP contribution is -2.15. The van der Waals surface area contributed by atoms with Gasteiger partial charge in [0, 0.05) is 16.8 Å². The average Bonchev–Trinajstić information content (AvgIpc) is 2.55. The van der Waals surface area contributed by atoms with Gasteiger partial charge in [0.2, 0.25) is 15.9 Å². The number of benzene rings is 2. The van der Waals surface area contributed by atoms with Gasteiger partial charge in [-0.25, -0.2) is 13.6 Å². The van der Waals surface area contributed by atoms with Gasteiger partial charge >= 0.3 is 0 Å². The number of anilines is 1. The maximum absolute atomic E-state index is 12.0. The van der Waals surface area contributed by atoms with Crippen molar-refractivity contribution in [2.75, 3.05) is 12.4 Å². The highest BCUT2D eigenvalue weighted by Gasteiger charge is 2.16. The molecule has 1 amide bonds. The average molecular weight is 381 g/mol. The molecule has 0 bridgehead atoms. The Bertz CT molecular complexity index is 940. The van der Waals surface area contributed by atoms with Crippen LogP contribution in [0.1, 0.15) is 11.1 Å². The zero-order valence-electron chi connectivity index (χ0n) is 13.6. The van der Waals surface area contributed by atoms with E-state index in [1.165, 1.54) is 31.4 Å². The van der Waals surface area contributed by atoms with E-state index in [9.17, 15) is 13.2 Å². The van der Waals surface area contributed by atoms with Crippen molar-refractivity contribution >= 4 is 39.3 Å². The van der Waals surface area contributed by atoms with Crippen LogP contribution in [0.15, 0.2) is 47.4 Å². The molecule has 0 radical (unpaired) electrons. The summed E-state index contributed by atoms with van der Waals surface area (Å²) in [6.07, 6.45) is 2.92. The van der Waals surface area contributed by atoms with Crippen LogP contribution >= 0.6 is 11.6 Å². The van der Waals surface area contributed by atoms with Gasteiger partial charge in [-0.1, -0.05) is 23.7 Å². The molecule has 0 saturated carbocycles. The number of hydrogen-bond acceptors (Lipinski definition) is 4. The highest BCUT2D eigenvalue weighted by Crippen LogP contribution is 2.26. The SMILES string of the molecule is COc1ccc(NC(=O)C=Cc2ccc(C)c(Cl)c2)cc1S(N)(=O)=O. The molecular formula is C17H17ClN2O4S. The van der Waals surface area contributed by atoms with Gasteiger partial charge in [0.25, 0.3) is 0 Å². The van der Waals surface area contributed by atoms with Crippen molar-refractivity contribution in [2.24, 2.45) is 5.14 Å². The van der Waals surface area contributed by atoms with E-state index in [1.807, 2.05) is 19.1 Å². The predicted octanol–water partition coefficient (Wildman–Crippen LogP) is 2.96. The van der Waals surface area contributed by atoms with Crippen LogP contribution < -0.4 is 15.2 Å². The third-order valence-electron chi connectivity index (χ3n) is 3.36. The molecule has 25 heavy (non-hydrogen) atoms. The molecule has 8 heteroatoms. The van der Waals surface area contributed by atoms with Crippen LogP contribution in [0.5, 0.6) is 5.75 Å². The standard InChI is InChI=1S/C17H17ClN2O4S/c1-11-3-4-12(9-14(11)18)5-8-17(21)20-13-6-7-15(24-2)16(10-13)25(19,22)23/h3-10H,1-2H3,(H,20,21)(H2,19,22,23). The van der Waals surface area contributed by atoms with Crippen LogP contribution in [0.4, 0.5) is 5.69 Å². The topological polar surface area (TPSA) is 98.5 Å². The Morgan fingerprint density at radius 2 is 1.96 bits per heavy atom. The Morgan fingerprint density at radius 1 is 1.24 bits per heavy atom. The van der Waals surface area contributed by atoms with Crippen LogP contribution in [0, 0.1) is 6.92 Å². The van der Waals surface area contributed by atoms with E-state index in [2.05, 4.69) is 5.32 Å². The first kappa shape index (κ1) is 19.0. The largest absolute Gasteiger partial charge is 0.495 e. The van der Waals surface area contributed by atoms with Crippen molar-refractivity contribution in [3.8, 4) is 5.75 Å². The zero-order chi connectivity index (χ0) is 18.6. The molecule has 3 N–H and O–H groups in total. The summed E-state index contributed by atoms with van der Waals surface area (Å²) in [5.74, 6) is -0.326. The Hall–Kier alpha value is -2.35. The van der Waals surface area contributed by atoms with Crippen molar-refractivity contribution in [1.82, 2.24) is 0 Å². The predicted molar refractivity (Wildman–Crippen MR) is 98.2 cm³/mol. The fourth-order valence-electron chi connectivity index (χ4n) is 2.05. The van der Waals surface area contributed by atoms with Crippen molar-refractivity contribution in [2.45, 2.75) is 11.8 Å². The molecular weight excluding hydrogens is 364 g/mol. The Morgan fingerprint density at radius 3 is 2.56 bits per heavy atom. The third kappa shape index (κ3) is 5.06. The summed E-state index contributed by atoms with van der Waals surface area (Å²) >= 11 is 6.03. The van der Waals surface area contributed by atoms with Gasteiger partial charge in [0.05, 0.1) is 7.11 Å². The van der Waals surface area contributed by atoms with E-state index in [0.717, 1.165) is 11.1 Å². The van der Waals surface area contributed by atoms with E-state index in [1.54, 1.807) is 12.1 Å². The molecule has 0 fully saturated rings. The van der Waals surface area contributed by atoms with E-state index in [-0.39, 0.29) is 16.3 Å². The molecule has 2 rings (SSSR count).